The van der Waals surface area contributed by atoms with Crippen LogP contribution in [0.1, 0.15) is 89.3 Å². The number of rotatable bonds is 30. The summed E-state index contributed by atoms with van der Waals surface area (Å²) in [5, 5.41) is 78.6. The minimum atomic E-state index is -0.949. The second kappa shape index (κ2) is 37.1. The van der Waals surface area contributed by atoms with Gasteiger partial charge in [-0.25, -0.2) is 14.4 Å². The monoisotopic (exact) mass is 1500 g/mol. The number of aromatic carboxylic acids is 3. The van der Waals surface area contributed by atoms with Crippen LogP contribution in [0, 0.1) is 0 Å². The summed E-state index contributed by atoms with van der Waals surface area (Å²) in [6, 6.07) is 51.2. The highest BCUT2D eigenvalue weighted by Crippen LogP contribution is 2.36. The predicted molar refractivity (Wildman–Crippen MR) is 419 cm³/mol. The Bertz CT molecular complexity index is 4520. The topological polar surface area (TPSA) is 284 Å². The first-order valence-corrected chi connectivity index (χ1v) is 35.2. The fourth-order valence-corrected chi connectivity index (χ4v) is 13.9. The summed E-state index contributed by atoms with van der Waals surface area (Å²) in [4.78, 5) is 46.9. The Kier molecular flexibility index (Phi) is 29.4. The number of benzene rings is 6. The van der Waals surface area contributed by atoms with E-state index in [1.165, 1.54) is 0 Å². The first-order chi connectivity index (χ1) is 47.5. The molecule has 0 aliphatic rings. The zero-order chi connectivity index (χ0) is 70.3. The third-order valence-corrected chi connectivity index (χ3v) is 19.4. The molecule has 12 rings (SSSR count). The van der Waals surface area contributed by atoms with Crippen molar-refractivity contribution in [2.24, 2.45) is 0 Å². The Hall–Kier alpha value is -8.52. The fraction of sp³-hybridized carbons (Fsp3) is 0.269. The molecule has 6 aromatic heterocycles. The van der Waals surface area contributed by atoms with Crippen LogP contribution in [0.15, 0.2) is 199 Å². The molecule has 3 atom stereocenters. The Labute approximate surface area is 623 Å². The molecule has 0 aliphatic carbocycles. The minimum Gasteiger partial charge on any atom is -0.490 e. The van der Waals surface area contributed by atoms with Crippen LogP contribution < -0.4 is 30.2 Å². The molecular weight excluding hydrogens is 1420 g/mol. The maximum atomic E-state index is 11.5. The normalized spacial score (nSPS) is 12.3. The van der Waals surface area contributed by atoms with E-state index in [0.29, 0.717) is 44.4 Å². The highest BCUT2D eigenvalue weighted by atomic mass is 35.5. The van der Waals surface area contributed by atoms with Gasteiger partial charge in [0.2, 0.25) is 0 Å². The van der Waals surface area contributed by atoms with E-state index >= 15 is 0 Å². The number of carboxylic acids is 3. The van der Waals surface area contributed by atoms with Crippen molar-refractivity contribution < 1.29 is 59.2 Å². The molecule has 6 aromatic carbocycles. The van der Waals surface area contributed by atoms with Crippen LogP contribution in [0.25, 0.3) is 64.0 Å². The number of carbonyl (C=O) groups is 3. The highest BCUT2D eigenvalue weighted by molar-refractivity contribution is 7.14. The fourth-order valence-electron chi connectivity index (χ4n) is 11.7. The number of hydrogen-bond donors (Lipinski definition) is 12. The number of aliphatic hydroxyl groups is 3. The molecule has 6 heterocycles. The van der Waals surface area contributed by atoms with E-state index in [-0.39, 0.29) is 90.3 Å². The standard InChI is InChI=1S/3C26H28N2O4S.3ClH/c1-26(2,13-17-14-27-24-19(17)8-5-9-21(24)25(30)31)28-15-18(29)16-32-22-10-4-3-7-20(22)23-11-6-12-33-23;1-26(2,13-18-14-27-22-12-17(25(30)31)9-10-20(18)22)28-15-19(29)16-32-23-7-4-3-6-21(23)24-8-5-11-33-24;1-26(2,13-18-14-27-22-10-9-17(25(30)31)12-21(18)22)28-15-19(29)16-32-23-7-4-3-6-20(23)24-8-5-11-33-24;;;/h3-12,14,18,27-29H,13,15-16H2,1-2H3,(H,30,31);2*3-12,14,19,27-29H,13,15-16H2,1-2H3,(H,30,31);3*1H/t18-;2*19-;;;/m000.../s1. The molecule has 24 heteroatoms. The number of para-hydroxylation sites is 4. The number of hydrogen-bond acceptors (Lipinski definition) is 15. The van der Waals surface area contributed by atoms with Gasteiger partial charge in [-0.05, 0) is 185 Å². The van der Waals surface area contributed by atoms with Crippen molar-refractivity contribution in [2.75, 3.05) is 39.5 Å². The van der Waals surface area contributed by atoms with Crippen LogP contribution in [0.3, 0.4) is 0 Å². The molecule has 0 bridgehead atoms. The number of thiophene rings is 3. The molecule has 0 radical (unpaired) electrons. The Morgan fingerprint density at radius 1 is 0.412 bits per heavy atom. The van der Waals surface area contributed by atoms with Gasteiger partial charge in [-0.3, -0.25) is 0 Å². The quantitative estimate of drug-likeness (QED) is 0.0199. The van der Waals surface area contributed by atoms with Gasteiger partial charge >= 0.3 is 17.9 Å². The van der Waals surface area contributed by atoms with Crippen molar-refractivity contribution in [3.63, 3.8) is 0 Å². The Morgan fingerprint density at radius 3 is 1.21 bits per heavy atom. The number of aliphatic hydroxyl groups excluding tert-OH is 3. The second-order valence-electron chi connectivity index (χ2n) is 26.2. The first-order valence-electron chi connectivity index (χ1n) is 32.5. The lowest BCUT2D eigenvalue weighted by Gasteiger charge is -2.28. The van der Waals surface area contributed by atoms with Gasteiger partial charge in [0.15, 0.2) is 0 Å². The van der Waals surface area contributed by atoms with E-state index in [1.54, 1.807) is 76.5 Å². The van der Waals surface area contributed by atoms with E-state index in [4.69, 9.17) is 14.2 Å². The molecule has 0 spiro atoms. The lowest BCUT2D eigenvalue weighted by molar-refractivity contribution is 0.0686. The van der Waals surface area contributed by atoms with Crippen LogP contribution in [0.5, 0.6) is 17.2 Å². The first kappa shape index (κ1) is 80.8. The van der Waals surface area contributed by atoms with E-state index < -0.39 is 36.2 Å². The van der Waals surface area contributed by atoms with Gasteiger partial charge in [-0.2, -0.15) is 0 Å². The summed E-state index contributed by atoms with van der Waals surface area (Å²) >= 11 is 4.96. The number of carboxylic acid groups (broad SMARTS) is 3. The SMILES string of the molecule is CC(C)(Cc1c[nH]c2c(C(=O)O)cccc12)NC[C@H](O)COc1ccccc1-c1cccs1.CC(C)(Cc1c[nH]c2cc(C(=O)O)ccc12)NC[C@H](O)COc1ccccc1-c1cccs1.CC(C)(Cc1c[nH]c2ccc(C(=O)O)cc12)NC[C@H](O)COc1ccccc1-c1cccs1.Cl.Cl.Cl. The molecule has 0 saturated carbocycles. The zero-order valence-electron chi connectivity index (χ0n) is 57.2. The van der Waals surface area contributed by atoms with Gasteiger partial charge in [0.1, 0.15) is 55.4 Å². The molecule has 0 fully saturated rings. The smallest absolute Gasteiger partial charge is 0.337 e. The molecule has 540 valence electrons. The third kappa shape index (κ3) is 22.0. The number of nitrogens with one attached hydrogen (secondary N) is 6. The number of ether oxygens (including phenoxy) is 3. The Morgan fingerprint density at radius 2 is 0.794 bits per heavy atom. The van der Waals surface area contributed by atoms with Crippen LogP contribution in [-0.4, -0.2) is 138 Å². The third-order valence-electron chi connectivity index (χ3n) is 16.7. The molecular formula is C78H87Cl3N6O12S3. The van der Waals surface area contributed by atoms with E-state index in [2.05, 4.69) is 90.6 Å². The van der Waals surface area contributed by atoms with Crippen LogP contribution in [0.2, 0.25) is 0 Å². The van der Waals surface area contributed by atoms with Gasteiger partial charge in [-0.15, -0.1) is 71.2 Å². The largest absolute Gasteiger partial charge is 0.490 e. The van der Waals surface area contributed by atoms with Gasteiger partial charge in [-0.1, -0.05) is 72.8 Å². The molecule has 12 aromatic rings. The number of aromatic nitrogens is 3. The van der Waals surface area contributed by atoms with E-state index in [9.17, 15) is 45.0 Å². The molecule has 0 amide bonds. The van der Waals surface area contributed by atoms with Gasteiger partial charge in [0.05, 0.1) is 22.2 Å². The zero-order valence-corrected chi connectivity index (χ0v) is 62.1. The van der Waals surface area contributed by atoms with E-state index in [1.807, 2.05) is 138 Å². The summed E-state index contributed by atoms with van der Waals surface area (Å²) < 4.78 is 17.8. The number of halogens is 3. The van der Waals surface area contributed by atoms with Crippen molar-refractivity contribution in [2.45, 2.75) is 95.7 Å². The lowest BCUT2D eigenvalue weighted by atomic mass is 9.94. The average molecular weight is 1500 g/mol. The Balaban J connectivity index is 0.000000211. The van der Waals surface area contributed by atoms with Crippen LogP contribution >= 0.6 is 71.2 Å². The average Bonchev–Trinajstić information content (AvgIpc) is 1.65. The summed E-state index contributed by atoms with van der Waals surface area (Å²) in [7, 11) is 0. The maximum absolute atomic E-state index is 11.5. The van der Waals surface area contributed by atoms with Gasteiger partial charge < -0.3 is 75.8 Å². The molecule has 12 N–H and O–H groups in total. The minimum absolute atomic E-state index is 0. The van der Waals surface area contributed by atoms with Crippen molar-refractivity contribution in [1.82, 2.24) is 30.9 Å². The van der Waals surface area contributed by atoms with E-state index in [0.717, 1.165) is 92.5 Å². The number of β-amino-alcohol motifs (C(OH)–C–C–N with tert-alkyl or cyclic N) is 3. The van der Waals surface area contributed by atoms with Crippen molar-refractivity contribution in [3.8, 4) is 48.6 Å². The highest BCUT2D eigenvalue weighted by Gasteiger charge is 2.26. The van der Waals surface area contributed by atoms with Crippen molar-refractivity contribution in [3.05, 3.63) is 232 Å². The molecule has 0 unspecified atom stereocenters. The summed E-state index contributed by atoms with van der Waals surface area (Å²) in [6.07, 6.45) is 5.74. The maximum Gasteiger partial charge on any atom is 0.337 e. The van der Waals surface area contributed by atoms with Crippen molar-refractivity contribution >= 4 is 122 Å². The predicted octanol–water partition coefficient (Wildman–Crippen LogP) is 16.1. The van der Waals surface area contributed by atoms with Crippen LogP contribution in [-0.2, 0) is 19.3 Å². The molecule has 102 heavy (non-hydrogen) atoms. The molecule has 0 saturated heterocycles. The van der Waals surface area contributed by atoms with Crippen molar-refractivity contribution in [1.29, 1.82) is 0 Å². The van der Waals surface area contributed by atoms with Crippen LogP contribution in [0.4, 0.5) is 0 Å². The lowest BCUT2D eigenvalue weighted by Crippen LogP contribution is -2.46. The number of fused-ring (bicyclic) bond motifs is 3. The van der Waals surface area contributed by atoms with Gasteiger partial charge in [0.25, 0.3) is 0 Å². The number of H-pyrrole nitrogens is 3. The number of aromatic amines is 3. The molecule has 0 aliphatic heterocycles. The summed E-state index contributed by atoms with van der Waals surface area (Å²) in [6.45, 7) is 14.1. The summed E-state index contributed by atoms with van der Waals surface area (Å²) in [5.41, 5.74) is 8.44. The van der Waals surface area contributed by atoms with Gasteiger partial charge in [0, 0.05) is 113 Å². The molecule has 18 nitrogen and oxygen atoms in total. The summed E-state index contributed by atoms with van der Waals surface area (Å²) in [5.74, 6) is -0.556. The second-order valence-corrected chi connectivity index (χ2v) is 29.1.